The zero-order chi connectivity index (χ0) is 20.9. The maximum Gasteiger partial charge on any atom is 0.227 e. The van der Waals surface area contributed by atoms with E-state index in [2.05, 4.69) is 15.5 Å². The molecule has 1 aliphatic rings. The molecule has 1 fully saturated rings. The number of carbonyl (C=O) groups excluding carboxylic acids is 2. The average Bonchev–Trinajstić information content (AvgIpc) is 3.18. The van der Waals surface area contributed by atoms with Crippen LogP contribution in [0.4, 0.5) is 5.69 Å². The third-order valence-electron chi connectivity index (χ3n) is 4.66. The largest absolute Gasteiger partial charge is 0.341 e. The van der Waals surface area contributed by atoms with Crippen molar-refractivity contribution in [1.82, 2.24) is 15.0 Å². The van der Waals surface area contributed by atoms with Gasteiger partial charge in [0.1, 0.15) is 0 Å². The van der Waals surface area contributed by atoms with Crippen LogP contribution in [-0.4, -0.2) is 51.5 Å². The van der Waals surface area contributed by atoms with Crippen molar-refractivity contribution in [1.29, 1.82) is 0 Å². The lowest BCUT2D eigenvalue weighted by atomic mass is 9.96. The second-order valence-corrected chi connectivity index (χ2v) is 9.40. The number of hydrogen-bond donors (Lipinski definition) is 1. The number of aromatic nitrogens is 2. The molecule has 2 amide bonds. The third-order valence-corrected chi connectivity index (χ3v) is 5.60. The van der Waals surface area contributed by atoms with Crippen molar-refractivity contribution in [2.45, 2.75) is 45.4 Å². The number of benzene rings is 1. The number of thioether (sulfide) groups is 1. The van der Waals surface area contributed by atoms with Gasteiger partial charge in [-0.3, -0.25) is 9.59 Å². The molecule has 2 heterocycles. The van der Waals surface area contributed by atoms with Crippen molar-refractivity contribution in [3.8, 4) is 0 Å². The minimum absolute atomic E-state index is 0.116. The maximum absolute atomic E-state index is 12.3. The van der Waals surface area contributed by atoms with E-state index in [1.807, 2.05) is 61.7 Å². The van der Waals surface area contributed by atoms with Crippen LogP contribution in [0.5, 0.6) is 0 Å². The Hall–Kier alpha value is -2.35. The summed E-state index contributed by atoms with van der Waals surface area (Å²) < 4.78 is 5.22. The molecular formula is C21H28N4O3S. The molecule has 3 rings (SSSR count). The molecule has 29 heavy (non-hydrogen) atoms. The van der Waals surface area contributed by atoms with Crippen molar-refractivity contribution in [3.05, 3.63) is 41.5 Å². The highest BCUT2D eigenvalue weighted by Gasteiger charge is 2.21. The minimum atomic E-state index is -0.180. The van der Waals surface area contributed by atoms with E-state index in [0.29, 0.717) is 30.2 Å². The lowest BCUT2D eigenvalue weighted by Crippen LogP contribution is -2.38. The number of aryl methyl sites for hydroxylation is 1. The summed E-state index contributed by atoms with van der Waals surface area (Å²) in [5.74, 6) is 3.18. The smallest absolute Gasteiger partial charge is 0.227 e. The predicted molar refractivity (Wildman–Crippen MR) is 114 cm³/mol. The molecule has 0 unspecified atom stereocenters. The SMILES string of the molecule is CC(C)(C)c1noc(CCC(=O)Nc2ccc(CC(=O)N3CCSCC3)cc2)n1. The third kappa shape index (κ3) is 6.32. The first-order chi connectivity index (χ1) is 13.8. The van der Waals surface area contributed by atoms with E-state index < -0.39 is 0 Å². The van der Waals surface area contributed by atoms with Crippen LogP contribution < -0.4 is 5.32 Å². The van der Waals surface area contributed by atoms with Crippen molar-refractivity contribution < 1.29 is 14.1 Å². The minimum Gasteiger partial charge on any atom is -0.341 e. The Kier molecular flexibility index (Phi) is 6.95. The van der Waals surface area contributed by atoms with Crippen LogP contribution in [-0.2, 0) is 27.8 Å². The van der Waals surface area contributed by atoms with Gasteiger partial charge in [0.25, 0.3) is 0 Å². The Morgan fingerprint density at radius 1 is 1.17 bits per heavy atom. The van der Waals surface area contributed by atoms with E-state index in [1.165, 1.54) is 0 Å². The number of carbonyl (C=O) groups is 2. The van der Waals surface area contributed by atoms with Crippen LogP contribution in [0.3, 0.4) is 0 Å². The van der Waals surface area contributed by atoms with Crippen molar-refractivity contribution in [2.75, 3.05) is 29.9 Å². The summed E-state index contributed by atoms with van der Waals surface area (Å²) in [4.78, 5) is 30.8. The molecule has 0 saturated carbocycles. The number of amides is 2. The van der Waals surface area contributed by atoms with Crippen molar-refractivity contribution in [2.24, 2.45) is 0 Å². The summed E-state index contributed by atoms with van der Waals surface area (Å²) in [6.45, 7) is 7.69. The van der Waals surface area contributed by atoms with E-state index in [1.54, 1.807) is 0 Å². The second kappa shape index (κ2) is 9.43. The molecule has 0 atom stereocenters. The Bertz CT molecular complexity index is 836. The van der Waals surface area contributed by atoms with E-state index in [0.717, 1.165) is 30.2 Å². The van der Waals surface area contributed by atoms with Gasteiger partial charge in [0.2, 0.25) is 17.7 Å². The van der Waals surface area contributed by atoms with Crippen molar-refractivity contribution in [3.63, 3.8) is 0 Å². The van der Waals surface area contributed by atoms with Gasteiger partial charge in [0.05, 0.1) is 6.42 Å². The molecule has 1 N–H and O–H groups in total. The first-order valence-electron chi connectivity index (χ1n) is 9.88. The zero-order valence-electron chi connectivity index (χ0n) is 17.2. The summed E-state index contributed by atoms with van der Waals surface area (Å²) in [6, 6.07) is 7.44. The Balaban J connectivity index is 1.45. The zero-order valence-corrected chi connectivity index (χ0v) is 18.1. The maximum atomic E-state index is 12.3. The molecule has 0 aliphatic carbocycles. The molecule has 0 radical (unpaired) electrons. The van der Waals surface area contributed by atoms with Crippen LogP contribution in [0.15, 0.2) is 28.8 Å². The standard InChI is InChI=1S/C21H28N4O3S/c1-21(2,3)20-23-18(28-24-20)9-8-17(26)22-16-6-4-15(5-7-16)14-19(27)25-10-12-29-13-11-25/h4-7H,8-14H2,1-3H3,(H,22,26). The van der Waals surface area contributed by atoms with E-state index in [-0.39, 0.29) is 23.7 Å². The molecule has 7 nitrogen and oxygen atoms in total. The molecule has 156 valence electrons. The average molecular weight is 417 g/mol. The lowest BCUT2D eigenvalue weighted by molar-refractivity contribution is -0.130. The van der Waals surface area contributed by atoms with Crippen LogP contribution in [0, 0.1) is 0 Å². The summed E-state index contributed by atoms with van der Waals surface area (Å²) in [5, 5.41) is 6.83. The quantitative estimate of drug-likeness (QED) is 0.779. The fourth-order valence-corrected chi connectivity index (χ4v) is 3.81. The van der Waals surface area contributed by atoms with Crippen LogP contribution in [0.1, 0.15) is 44.5 Å². The molecule has 1 aromatic heterocycles. The van der Waals surface area contributed by atoms with Gasteiger partial charge in [-0.1, -0.05) is 38.1 Å². The van der Waals surface area contributed by atoms with E-state index >= 15 is 0 Å². The van der Waals surface area contributed by atoms with Gasteiger partial charge < -0.3 is 14.7 Å². The molecule has 0 spiro atoms. The van der Waals surface area contributed by atoms with Crippen LogP contribution >= 0.6 is 11.8 Å². The van der Waals surface area contributed by atoms with Gasteiger partial charge >= 0.3 is 0 Å². The summed E-state index contributed by atoms with van der Waals surface area (Å²) in [5.41, 5.74) is 1.48. The Labute approximate surface area is 175 Å². The number of rotatable bonds is 6. The number of anilines is 1. The summed E-state index contributed by atoms with van der Waals surface area (Å²) in [7, 11) is 0. The van der Waals surface area contributed by atoms with Crippen LogP contribution in [0.25, 0.3) is 0 Å². The second-order valence-electron chi connectivity index (χ2n) is 8.18. The van der Waals surface area contributed by atoms with Gasteiger partial charge in [-0.05, 0) is 17.7 Å². The molecule has 2 aromatic rings. The number of hydrogen-bond acceptors (Lipinski definition) is 6. The highest BCUT2D eigenvalue weighted by molar-refractivity contribution is 7.99. The summed E-state index contributed by atoms with van der Waals surface area (Å²) >= 11 is 1.89. The summed E-state index contributed by atoms with van der Waals surface area (Å²) in [6.07, 6.45) is 1.06. The van der Waals surface area contributed by atoms with Gasteiger partial charge in [-0.25, -0.2) is 0 Å². The topological polar surface area (TPSA) is 88.3 Å². The first kappa shape index (κ1) is 21.4. The fourth-order valence-electron chi connectivity index (χ4n) is 2.91. The Morgan fingerprint density at radius 3 is 2.48 bits per heavy atom. The monoisotopic (exact) mass is 416 g/mol. The van der Waals surface area contributed by atoms with Gasteiger partial charge in [-0.2, -0.15) is 16.7 Å². The van der Waals surface area contributed by atoms with E-state index in [9.17, 15) is 9.59 Å². The molecule has 1 aliphatic heterocycles. The van der Waals surface area contributed by atoms with Gasteiger partial charge in [0, 0.05) is 48.5 Å². The predicted octanol–water partition coefficient (Wildman–Crippen LogP) is 3.06. The van der Waals surface area contributed by atoms with E-state index in [4.69, 9.17) is 4.52 Å². The van der Waals surface area contributed by atoms with Gasteiger partial charge in [-0.15, -0.1) is 0 Å². The lowest BCUT2D eigenvalue weighted by Gasteiger charge is -2.26. The molecule has 8 heteroatoms. The number of nitrogens with zero attached hydrogens (tertiary/aromatic N) is 3. The van der Waals surface area contributed by atoms with Crippen molar-refractivity contribution >= 4 is 29.3 Å². The number of nitrogens with one attached hydrogen (secondary N) is 1. The van der Waals surface area contributed by atoms with Gasteiger partial charge in [0.15, 0.2) is 5.82 Å². The fraction of sp³-hybridized carbons (Fsp3) is 0.524. The normalized spacial score (nSPS) is 14.7. The molecule has 1 aromatic carbocycles. The molecular weight excluding hydrogens is 388 g/mol. The highest BCUT2D eigenvalue weighted by Crippen LogP contribution is 2.19. The molecule has 0 bridgehead atoms. The van der Waals surface area contributed by atoms with Crippen LogP contribution in [0.2, 0.25) is 0 Å². The Morgan fingerprint density at radius 2 is 1.86 bits per heavy atom. The highest BCUT2D eigenvalue weighted by atomic mass is 32.2. The molecule has 1 saturated heterocycles. The first-order valence-corrected chi connectivity index (χ1v) is 11.0.